The van der Waals surface area contributed by atoms with E-state index in [9.17, 15) is 13.2 Å². The Morgan fingerprint density at radius 2 is 2.00 bits per heavy atom. The van der Waals surface area contributed by atoms with Crippen molar-refractivity contribution in [1.29, 1.82) is 0 Å². The van der Waals surface area contributed by atoms with Gasteiger partial charge in [-0.2, -0.15) is 0 Å². The van der Waals surface area contributed by atoms with Crippen LogP contribution in [0, 0.1) is 0 Å². The summed E-state index contributed by atoms with van der Waals surface area (Å²) in [4.78, 5) is 25.4. The fourth-order valence-corrected chi connectivity index (χ4v) is 3.55. The van der Waals surface area contributed by atoms with Gasteiger partial charge in [0.15, 0.2) is 0 Å². The highest BCUT2D eigenvalue weighted by molar-refractivity contribution is 7.89. The second kappa shape index (κ2) is 9.15. The molecule has 0 spiro atoms. The number of amides is 1. The lowest BCUT2D eigenvalue weighted by Crippen LogP contribution is -2.29. The lowest BCUT2D eigenvalue weighted by molar-refractivity contribution is -0.114. The number of nitrogens with zero attached hydrogens (tertiary/aromatic N) is 4. The quantitative estimate of drug-likeness (QED) is 0.737. The number of carbonyl (C=O) groups excluding carboxylic acids is 1. The first-order valence-electron chi connectivity index (χ1n) is 9.36. The first kappa shape index (κ1) is 20.9. The number of hydrogen-bond donors (Lipinski definition) is 1. The molecule has 3 rings (SSSR count). The van der Waals surface area contributed by atoms with Gasteiger partial charge in [-0.05, 0) is 37.7 Å². The van der Waals surface area contributed by atoms with Gasteiger partial charge in [0, 0.05) is 31.3 Å². The second-order valence-corrected chi connectivity index (χ2v) is 8.85. The Bertz CT molecular complexity index is 1010. The van der Waals surface area contributed by atoms with Gasteiger partial charge in [0.2, 0.25) is 10.0 Å². The van der Waals surface area contributed by atoms with E-state index in [0.29, 0.717) is 0 Å². The van der Waals surface area contributed by atoms with Crippen LogP contribution in [0.2, 0.25) is 0 Å². The van der Waals surface area contributed by atoms with Gasteiger partial charge in [-0.1, -0.05) is 18.2 Å². The molecule has 0 unspecified atom stereocenters. The molecule has 2 heterocycles. The molecule has 29 heavy (non-hydrogen) atoms. The van der Waals surface area contributed by atoms with Crippen molar-refractivity contribution in [3.8, 4) is 11.3 Å². The third-order valence-corrected chi connectivity index (χ3v) is 5.13. The van der Waals surface area contributed by atoms with Crippen LogP contribution in [-0.2, 0) is 14.8 Å². The number of anilines is 1. The summed E-state index contributed by atoms with van der Waals surface area (Å²) in [6, 6.07) is 7.50. The van der Waals surface area contributed by atoms with Crippen LogP contribution in [0.4, 0.5) is 5.82 Å². The molecule has 0 bridgehead atoms. The number of rotatable bonds is 5. The standard InChI is InChI=1S/C20H25N5O3S/c1-24-9-4-10-25(12-11-24)19-15-21-14-18(22-19)17-6-3-5-16(13-17)7-8-20(26)23-29(2,27)28/h3,5-8,13-15H,4,9-12H2,1-2H3,(H,23,26). The van der Waals surface area contributed by atoms with Gasteiger partial charge in [-0.25, -0.2) is 18.1 Å². The van der Waals surface area contributed by atoms with E-state index in [0.717, 1.165) is 61.5 Å². The van der Waals surface area contributed by atoms with Crippen LogP contribution in [-0.4, -0.2) is 68.7 Å². The zero-order valence-electron chi connectivity index (χ0n) is 16.6. The smallest absolute Gasteiger partial charge is 0.257 e. The molecule has 1 aliphatic heterocycles. The van der Waals surface area contributed by atoms with Crippen molar-refractivity contribution in [3.63, 3.8) is 0 Å². The van der Waals surface area contributed by atoms with Gasteiger partial charge in [0.05, 0.1) is 24.3 Å². The van der Waals surface area contributed by atoms with Gasteiger partial charge in [0.25, 0.3) is 5.91 Å². The van der Waals surface area contributed by atoms with E-state index in [1.54, 1.807) is 18.5 Å². The SMILES string of the molecule is CN1CCCN(c2cncc(-c3cccc(C=CC(=O)NS(C)(=O)=O)c3)n2)CC1. The number of nitrogens with one attached hydrogen (secondary N) is 1. The maximum Gasteiger partial charge on any atom is 0.257 e. The average molecular weight is 416 g/mol. The molecule has 1 N–H and O–H groups in total. The first-order chi connectivity index (χ1) is 13.8. The normalized spacial score (nSPS) is 16.0. The molecular weight excluding hydrogens is 390 g/mol. The molecule has 2 aromatic rings. The van der Waals surface area contributed by atoms with E-state index < -0.39 is 15.9 Å². The summed E-state index contributed by atoms with van der Waals surface area (Å²) in [6.45, 7) is 3.92. The number of aromatic nitrogens is 2. The van der Waals surface area contributed by atoms with Crippen LogP contribution in [0.1, 0.15) is 12.0 Å². The fourth-order valence-electron chi connectivity index (χ4n) is 3.11. The molecule has 0 atom stereocenters. The number of carbonyl (C=O) groups is 1. The molecule has 0 radical (unpaired) electrons. The van der Waals surface area contributed by atoms with Crippen molar-refractivity contribution in [2.75, 3.05) is 44.4 Å². The predicted octanol–water partition coefficient (Wildman–Crippen LogP) is 1.37. The van der Waals surface area contributed by atoms with Gasteiger partial charge in [0.1, 0.15) is 5.82 Å². The minimum absolute atomic E-state index is 0.689. The van der Waals surface area contributed by atoms with Crippen LogP contribution < -0.4 is 9.62 Å². The minimum atomic E-state index is -3.58. The highest BCUT2D eigenvalue weighted by Gasteiger charge is 2.14. The maximum absolute atomic E-state index is 11.6. The fraction of sp³-hybridized carbons (Fsp3) is 0.350. The summed E-state index contributed by atoms with van der Waals surface area (Å²) in [7, 11) is -1.45. The monoisotopic (exact) mass is 415 g/mol. The van der Waals surface area contributed by atoms with E-state index in [4.69, 9.17) is 4.98 Å². The van der Waals surface area contributed by atoms with Crippen molar-refractivity contribution in [1.82, 2.24) is 19.6 Å². The predicted molar refractivity (Wildman–Crippen MR) is 114 cm³/mol. The van der Waals surface area contributed by atoms with Crippen molar-refractivity contribution in [2.45, 2.75) is 6.42 Å². The Morgan fingerprint density at radius 3 is 2.79 bits per heavy atom. The van der Waals surface area contributed by atoms with Gasteiger partial charge in [-0.3, -0.25) is 9.78 Å². The molecule has 9 heteroatoms. The van der Waals surface area contributed by atoms with Crippen LogP contribution >= 0.6 is 0 Å². The lowest BCUT2D eigenvalue weighted by atomic mass is 10.1. The van der Waals surface area contributed by atoms with Crippen LogP contribution in [0.3, 0.4) is 0 Å². The van der Waals surface area contributed by atoms with Crippen molar-refractivity contribution >= 4 is 27.8 Å². The largest absolute Gasteiger partial charge is 0.354 e. The van der Waals surface area contributed by atoms with E-state index in [-0.39, 0.29) is 0 Å². The maximum atomic E-state index is 11.6. The van der Waals surface area contributed by atoms with Crippen LogP contribution in [0.5, 0.6) is 0 Å². The number of likely N-dealkylation sites (N-methyl/N-ethyl adjacent to an activating group) is 1. The van der Waals surface area contributed by atoms with E-state index in [2.05, 4.69) is 21.8 Å². The molecule has 1 amide bonds. The zero-order valence-corrected chi connectivity index (χ0v) is 17.4. The van der Waals surface area contributed by atoms with E-state index in [1.807, 2.05) is 29.0 Å². The van der Waals surface area contributed by atoms with Gasteiger partial charge in [-0.15, -0.1) is 0 Å². The molecule has 0 saturated carbocycles. The Balaban J connectivity index is 1.77. The molecular formula is C20H25N5O3S. The van der Waals surface area contributed by atoms with Crippen LogP contribution in [0.25, 0.3) is 17.3 Å². The molecule has 1 aliphatic rings. The Morgan fingerprint density at radius 1 is 1.17 bits per heavy atom. The number of benzene rings is 1. The van der Waals surface area contributed by atoms with Gasteiger partial charge >= 0.3 is 0 Å². The minimum Gasteiger partial charge on any atom is -0.354 e. The van der Waals surface area contributed by atoms with E-state index in [1.165, 1.54) is 6.08 Å². The number of hydrogen-bond acceptors (Lipinski definition) is 7. The highest BCUT2D eigenvalue weighted by atomic mass is 32.2. The molecule has 0 aliphatic carbocycles. The molecule has 1 saturated heterocycles. The van der Waals surface area contributed by atoms with Crippen molar-refractivity contribution < 1.29 is 13.2 Å². The molecule has 1 aromatic carbocycles. The third kappa shape index (κ3) is 6.37. The molecule has 1 fully saturated rings. The third-order valence-electron chi connectivity index (χ3n) is 4.56. The molecule has 8 nitrogen and oxygen atoms in total. The van der Waals surface area contributed by atoms with Crippen molar-refractivity contribution in [3.05, 3.63) is 48.3 Å². The Hall–Kier alpha value is -2.78. The van der Waals surface area contributed by atoms with Crippen molar-refractivity contribution in [2.24, 2.45) is 0 Å². The molecule has 154 valence electrons. The first-order valence-corrected chi connectivity index (χ1v) is 11.2. The second-order valence-electron chi connectivity index (χ2n) is 7.10. The van der Waals surface area contributed by atoms with Gasteiger partial charge < -0.3 is 9.80 Å². The summed E-state index contributed by atoms with van der Waals surface area (Å²) < 4.78 is 24.1. The summed E-state index contributed by atoms with van der Waals surface area (Å²) >= 11 is 0. The van der Waals surface area contributed by atoms with Crippen LogP contribution in [0.15, 0.2) is 42.7 Å². The summed E-state index contributed by atoms with van der Waals surface area (Å²) in [5.74, 6) is 0.164. The number of sulfonamides is 1. The zero-order chi connectivity index (χ0) is 20.9. The summed E-state index contributed by atoms with van der Waals surface area (Å²) in [5.41, 5.74) is 2.38. The summed E-state index contributed by atoms with van der Waals surface area (Å²) in [5, 5.41) is 0. The summed E-state index contributed by atoms with van der Waals surface area (Å²) in [6.07, 6.45) is 8.27. The molecule has 1 aromatic heterocycles. The average Bonchev–Trinajstić information content (AvgIpc) is 2.90. The topological polar surface area (TPSA) is 95.5 Å². The Kier molecular flexibility index (Phi) is 6.60. The highest BCUT2D eigenvalue weighted by Crippen LogP contribution is 2.21. The lowest BCUT2D eigenvalue weighted by Gasteiger charge is -2.21. The Labute approximate surface area is 171 Å². The van der Waals surface area contributed by atoms with E-state index >= 15 is 0 Å².